The SMILES string of the molecule is COC(=O)[C@@H]1Cc2c([nH]c3ccccc23)[C@@H](c2ccc(C(C)C)cc2)N1c1nc(N2CCN(c3ccccc3)CC2)nc(N2CCN(c3ccccc3)CC2)n1. The highest BCUT2D eigenvalue weighted by Gasteiger charge is 2.44. The summed E-state index contributed by atoms with van der Waals surface area (Å²) in [6.45, 7) is 10.8. The van der Waals surface area contributed by atoms with Crippen LogP contribution in [0.5, 0.6) is 0 Å². The molecule has 0 bridgehead atoms. The number of hydrogen-bond donors (Lipinski definition) is 1. The Balaban J connectivity index is 1.15. The third kappa shape index (κ3) is 6.75. The average Bonchev–Trinajstić information content (AvgIpc) is 3.64. The van der Waals surface area contributed by atoms with Gasteiger partial charge in [0, 0.05) is 86.8 Å². The molecule has 286 valence electrons. The quantitative estimate of drug-likeness (QED) is 0.167. The topological polar surface area (TPSA) is 97.0 Å². The number of hydrogen-bond acceptors (Lipinski definition) is 10. The predicted octanol–water partition coefficient (Wildman–Crippen LogP) is 6.82. The number of nitrogens with zero attached hydrogens (tertiary/aromatic N) is 8. The number of benzene rings is 4. The molecule has 0 amide bonds. The van der Waals surface area contributed by atoms with Crippen LogP contribution in [0.25, 0.3) is 10.9 Å². The fraction of sp³-hybridized carbons (Fsp3) is 0.333. The molecule has 2 atom stereocenters. The number of para-hydroxylation sites is 3. The van der Waals surface area contributed by atoms with Gasteiger partial charge in [-0.05, 0) is 52.9 Å². The van der Waals surface area contributed by atoms with Crippen molar-refractivity contribution in [3.63, 3.8) is 0 Å². The van der Waals surface area contributed by atoms with Crippen molar-refractivity contribution in [3.8, 4) is 0 Å². The van der Waals surface area contributed by atoms with Crippen molar-refractivity contribution in [1.82, 2.24) is 19.9 Å². The number of methoxy groups -OCH3 is 1. The van der Waals surface area contributed by atoms with Gasteiger partial charge < -0.3 is 34.2 Å². The van der Waals surface area contributed by atoms with Crippen LogP contribution in [0, 0.1) is 0 Å². The average molecular weight is 748 g/mol. The van der Waals surface area contributed by atoms with Crippen LogP contribution in [0.15, 0.2) is 109 Å². The van der Waals surface area contributed by atoms with Crippen LogP contribution < -0.4 is 24.5 Å². The Bertz CT molecular complexity index is 2200. The van der Waals surface area contributed by atoms with E-state index in [0.717, 1.165) is 80.1 Å². The van der Waals surface area contributed by atoms with E-state index in [0.29, 0.717) is 30.2 Å². The van der Waals surface area contributed by atoms with Gasteiger partial charge in [0.25, 0.3) is 0 Å². The van der Waals surface area contributed by atoms with E-state index in [1.807, 2.05) is 6.07 Å². The molecule has 0 radical (unpaired) electrons. The van der Waals surface area contributed by atoms with Gasteiger partial charge in [0.15, 0.2) is 0 Å². The summed E-state index contributed by atoms with van der Waals surface area (Å²) < 4.78 is 5.59. The fourth-order valence-electron chi connectivity index (χ4n) is 8.61. The lowest BCUT2D eigenvalue weighted by Gasteiger charge is -2.42. The molecule has 6 aromatic rings. The zero-order chi connectivity index (χ0) is 38.2. The molecule has 11 heteroatoms. The maximum absolute atomic E-state index is 14.1. The number of H-pyrrole nitrogens is 1. The van der Waals surface area contributed by atoms with Gasteiger partial charge in [0.1, 0.15) is 6.04 Å². The highest BCUT2D eigenvalue weighted by Crippen LogP contribution is 2.43. The molecule has 2 fully saturated rings. The molecule has 9 rings (SSSR count). The maximum atomic E-state index is 14.1. The Hall–Kier alpha value is -6.10. The summed E-state index contributed by atoms with van der Waals surface area (Å²) in [6.07, 6.45) is 0.453. The first kappa shape index (κ1) is 35.6. The van der Waals surface area contributed by atoms with Gasteiger partial charge in [-0.3, -0.25) is 0 Å². The molecule has 3 aliphatic heterocycles. The zero-order valence-corrected chi connectivity index (χ0v) is 32.4. The number of piperazine rings is 2. The van der Waals surface area contributed by atoms with E-state index in [1.54, 1.807) is 0 Å². The van der Waals surface area contributed by atoms with Crippen LogP contribution in [0.4, 0.5) is 29.2 Å². The third-order valence-corrected chi connectivity index (χ3v) is 11.7. The standard InChI is InChI=1S/C45H49N9O2/c1-31(2)32-18-20-33(21-19-32)41-40-37(36-16-10-11-17-38(36)46-40)30-39(42(55)56-3)54(41)45-48-43(52-26-22-50(23-27-52)34-12-6-4-7-13-34)47-44(49-45)53-28-24-51(25-29-53)35-14-8-5-9-15-35/h4-21,31,39,41,46H,22-30H2,1-3H3/t39-,41+/m0/s1. The summed E-state index contributed by atoms with van der Waals surface area (Å²) in [4.78, 5) is 45.1. The van der Waals surface area contributed by atoms with Gasteiger partial charge in [-0.25, -0.2) is 4.79 Å². The van der Waals surface area contributed by atoms with E-state index >= 15 is 0 Å². The van der Waals surface area contributed by atoms with Gasteiger partial charge in [0.2, 0.25) is 17.8 Å². The second kappa shape index (κ2) is 15.2. The second-order valence-corrected chi connectivity index (χ2v) is 15.3. The van der Waals surface area contributed by atoms with Crippen LogP contribution in [-0.4, -0.2) is 91.4 Å². The molecule has 2 saturated heterocycles. The molecule has 4 aromatic carbocycles. The molecular formula is C45H49N9O2. The monoisotopic (exact) mass is 747 g/mol. The summed E-state index contributed by atoms with van der Waals surface area (Å²) >= 11 is 0. The van der Waals surface area contributed by atoms with Crippen molar-refractivity contribution in [1.29, 1.82) is 0 Å². The number of rotatable bonds is 8. The summed E-state index contributed by atoms with van der Waals surface area (Å²) in [5.41, 5.74) is 7.94. The number of ether oxygens (including phenoxy) is 1. The van der Waals surface area contributed by atoms with Gasteiger partial charge in [-0.1, -0.05) is 92.7 Å². The first-order valence-corrected chi connectivity index (χ1v) is 19.9. The van der Waals surface area contributed by atoms with E-state index in [4.69, 9.17) is 19.7 Å². The Morgan fingerprint density at radius 2 is 1.14 bits per heavy atom. The molecule has 2 aromatic heterocycles. The minimum Gasteiger partial charge on any atom is -0.467 e. The molecule has 0 unspecified atom stereocenters. The van der Waals surface area contributed by atoms with Crippen LogP contribution >= 0.6 is 0 Å². The molecule has 56 heavy (non-hydrogen) atoms. The van der Waals surface area contributed by atoms with Crippen molar-refractivity contribution >= 4 is 46.1 Å². The largest absolute Gasteiger partial charge is 0.467 e. The molecule has 1 N–H and O–H groups in total. The maximum Gasteiger partial charge on any atom is 0.328 e. The van der Waals surface area contributed by atoms with Gasteiger partial charge in [-0.2, -0.15) is 15.0 Å². The highest BCUT2D eigenvalue weighted by molar-refractivity contribution is 5.89. The second-order valence-electron chi connectivity index (χ2n) is 15.3. The summed E-state index contributed by atoms with van der Waals surface area (Å²) in [5.74, 6) is 1.79. The molecule has 0 spiro atoms. The Morgan fingerprint density at radius 1 is 0.643 bits per heavy atom. The van der Waals surface area contributed by atoms with Crippen LogP contribution in [-0.2, 0) is 16.0 Å². The van der Waals surface area contributed by atoms with Crippen molar-refractivity contribution in [3.05, 3.63) is 132 Å². The summed E-state index contributed by atoms with van der Waals surface area (Å²) in [7, 11) is 1.47. The smallest absolute Gasteiger partial charge is 0.328 e. The Morgan fingerprint density at radius 3 is 1.68 bits per heavy atom. The number of carbonyl (C=O) groups is 1. The van der Waals surface area contributed by atoms with E-state index in [1.165, 1.54) is 24.0 Å². The van der Waals surface area contributed by atoms with Gasteiger partial charge in [0.05, 0.1) is 13.2 Å². The number of esters is 1. The van der Waals surface area contributed by atoms with Crippen molar-refractivity contribution < 1.29 is 9.53 Å². The molecule has 11 nitrogen and oxygen atoms in total. The first-order chi connectivity index (χ1) is 27.4. The lowest BCUT2D eigenvalue weighted by molar-refractivity contribution is -0.142. The lowest BCUT2D eigenvalue weighted by atomic mass is 9.87. The Labute approximate surface area is 328 Å². The molecule has 5 heterocycles. The number of aromatic nitrogens is 4. The van der Waals surface area contributed by atoms with Crippen molar-refractivity contribution in [2.45, 2.75) is 38.3 Å². The molecule has 0 saturated carbocycles. The molecule has 0 aliphatic carbocycles. The van der Waals surface area contributed by atoms with Crippen molar-refractivity contribution in [2.75, 3.05) is 84.0 Å². The minimum atomic E-state index is -0.672. The highest BCUT2D eigenvalue weighted by atomic mass is 16.5. The predicted molar refractivity (Wildman–Crippen MR) is 224 cm³/mol. The first-order valence-electron chi connectivity index (χ1n) is 19.9. The minimum absolute atomic E-state index is 0.318. The van der Waals surface area contributed by atoms with Crippen LogP contribution in [0.3, 0.4) is 0 Å². The van der Waals surface area contributed by atoms with E-state index < -0.39 is 6.04 Å². The fourth-order valence-corrected chi connectivity index (χ4v) is 8.61. The summed E-state index contributed by atoms with van der Waals surface area (Å²) in [6, 6.07) is 37.2. The van der Waals surface area contributed by atoms with Crippen LogP contribution in [0.2, 0.25) is 0 Å². The number of fused-ring (bicyclic) bond motifs is 3. The summed E-state index contributed by atoms with van der Waals surface area (Å²) in [5, 5.41) is 1.12. The number of anilines is 5. The molecular weight excluding hydrogens is 699 g/mol. The lowest BCUT2D eigenvalue weighted by Crippen LogP contribution is -2.51. The third-order valence-electron chi connectivity index (χ3n) is 11.7. The number of nitrogens with one attached hydrogen (secondary N) is 1. The number of aromatic amines is 1. The van der Waals surface area contributed by atoms with E-state index in [9.17, 15) is 4.79 Å². The van der Waals surface area contributed by atoms with Crippen LogP contribution in [0.1, 0.15) is 48.2 Å². The molecule has 3 aliphatic rings. The van der Waals surface area contributed by atoms with Gasteiger partial charge in [-0.15, -0.1) is 0 Å². The van der Waals surface area contributed by atoms with Gasteiger partial charge >= 0.3 is 5.97 Å². The van der Waals surface area contributed by atoms with E-state index in [-0.39, 0.29) is 12.0 Å². The van der Waals surface area contributed by atoms with E-state index in [2.05, 4.69) is 146 Å². The Kier molecular flexibility index (Phi) is 9.66. The normalized spacial score (nSPS) is 18.8. The zero-order valence-electron chi connectivity index (χ0n) is 32.4. The number of carbonyl (C=O) groups excluding carboxylic acids is 1. The van der Waals surface area contributed by atoms with Crippen molar-refractivity contribution in [2.24, 2.45) is 0 Å².